The van der Waals surface area contributed by atoms with Crippen molar-refractivity contribution in [3.8, 4) is 5.75 Å². The Morgan fingerprint density at radius 3 is 2.30 bits per heavy atom. The van der Waals surface area contributed by atoms with Gasteiger partial charge in [-0.1, -0.05) is 43.9 Å². The number of nitrogens with zero attached hydrogens (tertiary/aromatic N) is 1. The molecule has 1 aromatic rings. The lowest BCUT2D eigenvalue weighted by atomic mass is 10.1. The summed E-state index contributed by atoms with van der Waals surface area (Å²) < 4.78 is 5.70. The zero-order chi connectivity index (χ0) is 13.9. The van der Waals surface area contributed by atoms with Gasteiger partial charge >= 0.3 is 0 Å². The van der Waals surface area contributed by atoms with Crippen molar-refractivity contribution in [3.05, 3.63) is 30.3 Å². The molecule has 0 bridgehead atoms. The molecular formula is C18H29NO. The molecule has 0 unspecified atom stereocenters. The lowest BCUT2D eigenvalue weighted by Crippen LogP contribution is -2.30. The van der Waals surface area contributed by atoms with E-state index in [-0.39, 0.29) is 0 Å². The summed E-state index contributed by atoms with van der Waals surface area (Å²) in [6, 6.07) is 10.1. The number of benzene rings is 1. The normalized spacial score (nSPS) is 16.2. The Morgan fingerprint density at radius 2 is 1.50 bits per heavy atom. The van der Waals surface area contributed by atoms with E-state index in [1.54, 1.807) is 0 Å². The smallest absolute Gasteiger partial charge is 0.119 e. The predicted octanol–water partition coefficient (Wildman–Crippen LogP) is 4.50. The van der Waals surface area contributed by atoms with Crippen LogP contribution in [-0.2, 0) is 0 Å². The second-order valence-corrected chi connectivity index (χ2v) is 5.83. The van der Waals surface area contributed by atoms with E-state index >= 15 is 0 Å². The van der Waals surface area contributed by atoms with E-state index in [1.165, 1.54) is 71.0 Å². The number of likely N-dealkylation sites (tertiary alicyclic amines) is 1. The van der Waals surface area contributed by atoms with Gasteiger partial charge in [0.1, 0.15) is 5.75 Å². The molecule has 0 aromatic heterocycles. The first kappa shape index (κ1) is 15.4. The monoisotopic (exact) mass is 275 g/mol. The number of piperidine rings is 1. The molecule has 0 amide bonds. The molecule has 112 valence electrons. The lowest BCUT2D eigenvalue weighted by molar-refractivity contribution is 0.223. The van der Waals surface area contributed by atoms with Crippen LogP contribution in [0.1, 0.15) is 51.4 Å². The van der Waals surface area contributed by atoms with E-state index in [0.717, 1.165) is 12.4 Å². The molecule has 20 heavy (non-hydrogen) atoms. The van der Waals surface area contributed by atoms with Gasteiger partial charge in [0.25, 0.3) is 0 Å². The zero-order valence-corrected chi connectivity index (χ0v) is 12.7. The fourth-order valence-corrected chi connectivity index (χ4v) is 2.86. The highest BCUT2D eigenvalue weighted by atomic mass is 16.5. The van der Waals surface area contributed by atoms with Gasteiger partial charge in [0.2, 0.25) is 0 Å². The summed E-state index contributed by atoms with van der Waals surface area (Å²) in [7, 11) is 0. The topological polar surface area (TPSA) is 12.5 Å². The maximum absolute atomic E-state index is 5.70. The van der Waals surface area contributed by atoms with Crippen LogP contribution < -0.4 is 4.74 Å². The maximum atomic E-state index is 5.70. The van der Waals surface area contributed by atoms with Crippen LogP contribution in [-0.4, -0.2) is 31.1 Å². The van der Waals surface area contributed by atoms with Gasteiger partial charge in [0.05, 0.1) is 6.61 Å². The number of rotatable bonds is 9. The number of ether oxygens (including phenoxy) is 1. The fraction of sp³-hybridized carbons (Fsp3) is 0.667. The van der Waals surface area contributed by atoms with Crippen molar-refractivity contribution in [2.45, 2.75) is 51.4 Å². The molecule has 2 heteroatoms. The molecule has 1 heterocycles. The maximum Gasteiger partial charge on any atom is 0.119 e. The van der Waals surface area contributed by atoms with E-state index in [9.17, 15) is 0 Å². The van der Waals surface area contributed by atoms with Gasteiger partial charge in [-0.3, -0.25) is 0 Å². The first-order valence-corrected chi connectivity index (χ1v) is 8.35. The van der Waals surface area contributed by atoms with E-state index in [4.69, 9.17) is 4.74 Å². The lowest BCUT2D eigenvalue weighted by Gasteiger charge is -2.26. The summed E-state index contributed by atoms with van der Waals surface area (Å²) in [5.74, 6) is 0.998. The van der Waals surface area contributed by atoms with E-state index in [2.05, 4.69) is 4.90 Å². The van der Waals surface area contributed by atoms with Gasteiger partial charge < -0.3 is 9.64 Å². The van der Waals surface area contributed by atoms with Crippen LogP contribution in [0.5, 0.6) is 5.75 Å². The van der Waals surface area contributed by atoms with Crippen LogP contribution in [0.4, 0.5) is 0 Å². The number of unbranched alkanes of at least 4 members (excludes halogenated alkanes) is 4. The molecule has 0 aliphatic carbocycles. The highest BCUT2D eigenvalue weighted by molar-refractivity contribution is 5.20. The molecule has 1 aromatic carbocycles. The Labute approximate surface area is 124 Å². The molecule has 1 fully saturated rings. The summed E-state index contributed by atoms with van der Waals surface area (Å²) >= 11 is 0. The number of hydrogen-bond acceptors (Lipinski definition) is 2. The third-order valence-corrected chi connectivity index (χ3v) is 4.08. The van der Waals surface area contributed by atoms with Gasteiger partial charge in [0.15, 0.2) is 0 Å². The first-order valence-electron chi connectivity index (χ1n) is 8.35. The molecule has 0 radical (unpaired) electrons. The van der Waals surface area contributed by atoms with Gasteiger partial charge in [-0.05, 0) is 57.5 Å². The van der Waals surface area contributed by atoms with Crippen molar-refractivity contribution in [2.75, 3.05) is 26.2 Å². The van der Waals surface area contributed by atoms with Crippen LogP contribution in [0.3, 0.4) is 0 Å². The fourth-order valence-electron chi connectivity index (χ4n) is 2.86. The molecule has 2 nitrogen and oxygen atoms in total. The minimum Gasteiger partial charge on any atom is -0.494 e. The minimum absolute atomic E-state index is 0.857. The Bertz CT molecular complexity index is 333. The van der Waals surface area contributed by atoms with Gasteiger partial charge in [0, 0.05) is 0 Å². The quantitative estimate of drug-likeness (QED) is 0.615. The predicted molar refractivity (Wildman–Crippen MR) is 85.3 cm³/mol. The summed E-state index contributed by atoms with van der Waals surface area (Å²) in [6.45, 7) is 4.85. The SMILES string of the molecule is c1ccc(OCCCCCCCN2CCCCC2)cc1. The Kier molecular flexibility index (Phi) is 7.54. The molecule has 2 rings (SSSR count). The summed E-state index contributed by atoms with van der Waals surface area (Å²) in [6.07, 6.45) is 10.9. The van der Waals surface area contributed by atoms with Gasteiger partial charge in [-0.2, -0.15) is 0 Å². The van der Waals surface area contributed by atoms with E-state index in [1.807, 2.05) is 30.3 Å². The molecule has 0 saturated carbocycles. The Balaban J connectivity index is 1.38. The van der Waals surface area contributed by atoms with Crippen LogP contribution in [0, 0.1) is 0 Å². The van der Waals surface area contributed by atoms with Crippen molar-refractivity contribution in [1.29, 1.82) is 0 Å². The van der Waals surface area contributed by atoms with Gasteiger partial charge in [-0.15, -0.1) is 0 Å². The Hall–Kier alpha value is -1.02. The average molecular weight is 275 g/mol. The second kappa shape index (κ2) is 9.82. The first-order chi connectivity index (χ1) is 9.95. The van der Waals surface area contributed by atoms with Crippen LogP contribution in [0.25, 0.3) is 0 Å². The van der Waals surface area contributed by atoms with Crippen molar-refractivity contribution < 1.29 is 4.74 Å². The van der Waals surface area contributed by atoms with Crippen molar-refractivity contribution in [2.24, 2.45) is 0 Å². The van der Waals surface area contributed by atoms with E-state index < -0.39 is 0 Å². The Morgan fingerprint density at radius 1 is 0.800 bits per heavy atom. The molecule has 0 N–H and O–H groups in total. The molecule has 0 atom stereocenters. The number of para-hydroxylation sites is 1. The van der Waals surface area contributed by atoms with Crippen molar-refractivity contribution in [3.63, 3.8) is 0 Å². The summed E-state index contributed by atoms with van der Waals surface area (Å²) in [5.41, 5.74) is 0. The summed E-state index contributed by atoms with van der Waals surface area (Å²) in [5, 5.41) is 0. The summed E-state index contributed by atoms with van der Waals surface area (Å²) in [4.78, 5) is 2.64. The molecule has 1 aliphatic heterocycles. The molecule has 0 spiro atoms. The zero-order valence-electron chi connectivity index (χ0n) is 12.7. The number of hydrogen-bond donors (Lipinski definition) is 0. The molecule has 1 saturated heterocycles. The molecule has 1 aliphatic rings. The molecular weight excluding hydrogens is 246 g/mol. The third-order valence-electron chi connectivity index (χ3n) is 4.08. The minimum atomic E-state index is 0.857. The van der Waals surface area contributed by atoms with Gasteiger partial charge in [-0.25, -0.2) is 0 Å². The second-order valence-electron chi connectivity index (χ2n) is 5.83. The standard InChI is InChI=1S/C18H29NO/c1(2-8-14-19-15-9-5-10-16-19)3-11-17-20-18-12-6-4-7-13-18/h4,6-7,12-13H,1-3,5,8-11,14-17H2. The van der Waals surface area contributed by atoms with Crippen LogP contribution in [0.15, 0.2) is 30.3 Å². The highest BCUT2D eigenvalue weighted by Gasteiger charge is 2.08. The third kappa shape index (κ3) is 6.42. The highest BCUT2D eigenvalue weighted by Crippen LogP contribution is 2.12. The van der Waals surface area contributed by atoms with Crippen molar-refractivity contribution in [1.82, 2.24) is 4.90 Å². The van der Waals surface area contributed by atoms with Crippen LogP contribution >= 0.6 is 0 Å². The van der Waals surface area contributed by atoms with E-state index in [0.29, 0.717) is 0 Å². The largest absolute Gasteiger partial charge is 0.494 e. The van der Waals surface area contributed by atoms with Crippen molar-refractivity contribution >= 4 is 0 Å². The van der Waals surface area contributed by atoms with Crippen LogP contribution in [0.2, 0.25) is 0 Å². The average Bonchev–Trinajstić information content (AvgIpc) is 2.52.